The van der Waals surface area contributed by atoms with Crippen molar-refractivity contribution in [3.05, 3.63) is 84.5 Å². The van der Waals surface area contributed by atoms with Gasteiger partial charge in [0, 0.05) is 74.8 Å². The summed E-state index contributed by atoms with van der Waals surface area (Å²) in [6.45, 7) is 0. The number of carbonyl (C=O) groups is 2. The van der Waals surface area contributed by atoms with Crippen molar-refractivity contribution in [2.45, 2.75) is 36.8 Å². The van der Waals surface area contributed by atoms with Gasteiger partial charge < -0.3 is 26.0 Å². The molecule has 4 N–H and O–H groups in total. The van der Waals surface area contributed by atoms with Gasteiger partial charge in [-0.3, -0.25) is 4.79 Å². The molecule has 6 rings (SSSR count). The molecule has 224 valence electrons. The first-order valence-electron chi connectivity index (χ1n) is 13.5. The van der Waals surface area contributed by atoms with E-state index in [1.54, 1.807) is 38.9 Å². The Kier molecular flexibility index (Phi) is 9.77. The van der Waals surface area contributed by atoms with Crippen LogP contribution in [0.4, 0.5) is 11.9 Å². The zero-order chi connectivity index (χ0) is 30.9. The number of hydrogen-bond acceptors (Lipinski definition) is 13. The third-order valence-electron chi connectivity index (χ3n) is 6.63. The molecule has 0 radical (unpaired) electrons. The van der Waals surface area contributed by atoms with E-state index < -0.39 is 5.97 Å². The third-order valence-corrected chi connectivity index (χ3v) is 6.63. The number of rotatable bonds is 8. The lowest BCUT2D eigenvalue weighted by molar-refractivity contribution is 0.0695. The van der Waals surface area contributed by atoms with Gasteiger partial charge in [0.05, 0.1) is 22.2 Å². The topological polar surface area (TPSA) is 197 Å². The van der Waals surface area contributed by atoms with Gasteiger partial charge in [0.1, 0.15) is 12.7 Å². The Morgan fingerprint density at radius 3 is 1.33 bits per heavy atom. The highest BCUT2D eigenvalue weighted by molar-refractivity contribution is 5.93. The van der Waals surface area contributed by atoms with E-state index in [0.29, 0.717) is 17.5 Å². The summed E-state index contributed by atoms with van der Waals surface area (Å²) in [5, 5.41) is 18.1. The average molecular weight is 587 g/mol. The van der Waals surface area contributed by atoms with E-state index >= 15 is 0 Å². The van der Waals surface area contributed by atoms with Crippen LogP contribution in [-0.2, 0) is 11.1 Å². The minimum absolute atomic E-state index is 0.0680. The van der Waals surface area contributed by atoms with E-state index in [1.165, 1.54) is 42.3 Å². The Morgan fingerprint density at radius 2 is 1.02 bits per heavy atom. The van der Waals surface area contributed by atoms with Crippen molar-refractivity contribution in [1.29, 1.82) is 0 Å². The van der Waals surface area contributed by atoms with Crippen LogP contribution < -0.4 is 16.0 Å². The van der Waals surface area contributed by atoms with E-state index in [0.717, 1.165) is 36.8 Å². The summed E-state index contributed by atoms with van der Waals surface area (Å²) in [5.74, 6) is -0.235. The first-order valence-corrected chi connectivity index (χ1v) is 13.5. The number of anilines is 2. The van der Waals surface area contributed by atoms with Gasteiger partial charge in [0.15, 0.2) is 0 Å². The molecule has 0 spiro atoms. The van der Waals surface area contributed by atoms with Crippen LogP contribution in [-0.4, -0.2) is 89.9 Å². The van der Waals surface area contributed by atoms with Gasteiger partial charge in [-0.15, -0.1) is 0 Å². The lowest BCUT2D eigenvalue weighted by Gasteiger charge is -2.17. The monoisotopic (exact) mass is 586 g/mol. The van der Waals surface area contributed by atoms with Crippen LogP contribution in [0.1, 0.15) is 57.5 Å². The largest absolute Gasteiger partial charge is 0.478 e. The lowest BCUT2D eigenvalue weighted by Crippen LogP contribution is -2.23. The van der Waals surface area contributed by atoms with Crippen molar-refractivity contribution in [2.24, 2.45) is 0 Å². The van der Waals surface area contributed by atoms with Crippen LogP contribution in [0, 0.1) is 0 Å². The molecule has 2 aliphatic rings. The number of carboxylic acids is 1. The van der Waals surface area contributed by atoms with Crippen LogP contribution in [0.15, 0.2) is 62.2 Å². The summed E-state index contributed by atoms with van der Waals surface area (Å²) in [6, 6.07) is 0. The molecule has 0 unspecified atom stereocenters. The van der Waals surface area contributed by atoms with Crippen LogP contribution in [0.5, 0.6) is 0 Å². The molecule has 1 amide bonds. The molecule has 15 nitrogen and oxygen atoms in total. The number of aromatic nitrogens is 8. The van der Waals surface area contributed by atoms with E-state index in [-0.39, 0.29) is 22.5 Å². The molecule has 43 heavy (non-hydrogen) atoms. The number of amides is 1. The standard InChI is InChI=1S/C14H16N6O.C12H11N5O2.C2H7N/c1-20(2)12(21)10-5-17-13(18-6-10)19-14(3-4-14)11-7-15-9-16-8-11;18-10(19)8-3-15-11(16-4-8)17-12(1-2-12)9-5-13-7-14-6-9;1-3-2/h5-9H,3-4H2,1-2H3,(H,17,18,19);3-7H,1-2H2,(H,18,19)(H,15,16,17);3H,1-2H3. The molecule has 0 saturated heterocycles. The number of nitrogens with zero attached hydrogens (tertiary/aromatic N) is 9. The quantitative estimate of drug-likeness (QED) is 0.234. The van der Waals surface area contributed by atoms with E-state index in [9.17, 15) is 9.59 Å². The molecular weight excluding hydrogens is 552 g/mol. The Balaban J connectivity index is 0.000000181. The van der Waals surface area contributed by atoms with E-state index in [1.807, 2.05) is 14.1 Å². The van der Waals surface area contributed by atoms with Crippen LogP contribution in [0.3, 0.4) is 0 Å². The lowest BCUT2D eigenvalue weighted by atomic mass is 10.1. The summed E-state index contributed by atoms with van der Waals surface area (Å²) in [7, 11) is 7.15. The maximum Gasteiger partial charge on any atom is 0.338 e. The molecule has 4 heterocycles. The van der Waals surface area contributed by atoms with E-state index in [4.69, 9.17) is 5.11 Å². The fourth-order valence-electron chi connectivity index (χ4n) is 4.01. The zero-order valence-electron chi connectivity index (χ0n) is 24.4. The number of aromatic carboxylic acids is 1. The average Bonchev–Trinajstić information content (AvgIpc) is 3.97. The second-order valence-electron chi connectivity index (χ2n) is 10.3. The second-order valence-corrected chi connectivity index (χ2v) is 10.3. The molecule has 15 heteroatoms. The SMILES string of the molecule is CN(C)C(=O)c1cnc(NC2(c3cncnc3)CC2)nc1.CNC.O=C(O)c1cnc(NC2(c3cncnc3)CC2)nc1. The highest BCUT2D eigenvalue weighted by atomic mass is 16.4. The molecule has 2 aliphatic carbocycles. The zero-order valence-corrected chi connectivity index (χ0v) is 24.4. The Hall–Kier alpha value is -5.18. The molecule has 0 bridgehead atoms. The van der Waals surface area contributed by atoms with Crippen molar-refractivity contribution in [3.8, 4) is 0 Å². The third kappa shape index (κ3) is 7.97. The van der Waals surface area contributed by atoms with Crippen LogP contribution >= 0.6 is 0 Å². The van der Waals surface area contributed by atoms with E-state index in [2.05, 4.69) is 55.8 Å². The Morgan fingerprint density at radius 1 is 0.674 bits per heavy atom. The van der Waals surface area contributed by atoms with Gasteiger partial charge in [0.25, 0.3) is 5.91 Å². The highest BCUT2D eigenvalue weighted by Crippen LogP contribution is 2.48. The Bertz CT molecular complexity index is 1480. The number of hydrogen-bond donors (Lipinski definition) is 4. The maximum atomic E-state index is 11.8. The predicted molar refractivity (Wildman–Crippen MR) is 157 cm³/mol. The highest BCUT2D eigenvalue weighted by Gasteiger charge is 2.46. The number of carboxylic acid groups (broad SMARTS) is 1. The molecule has 4 aromatic heterocycles. The number of nitrogens with one attached hydrogen (secondary N) is 3. The van der Waals surface area contributed by atoms with Crippen molar-refractivity contribution < 1.29 is 14.7 Å². The first kappa shape index (κ1) is 30.8. The fraction of sp³-hybridized carbons (Fsp3) is 0.357. The first-order chi connectivity index (χ1) is 20.7. The van der Waals surface area contributed by atoms with Crippen molar-refractivity contribution in [2.75, 3.05) is 38.8 Å². The second kappa shape index (κ2) is 13.7. The van der Waals surface area contributed by atoms with Gasteiger partial charge in [-0.2, -0.15) is 0 Å². The minimum Gasteiger partial charge on any atom is -0.478 e. The molecule has 4 aromatic rings. The molecule has 2 fully saturated rings. The molecule has 0 aromatic carbocycles. The summed E-state index contributed by atoms with van der Waals surface area (Å²) < 4.78 is 0. The maximum absolute atomic E-state index is 11.8. The molecule has 0 atom stereocenters. The van der Waals surface area contributed by atoms with Gasteiger partial charge in [-0.1, -0.05) is 0 Å². The van der Waals surface area contributed by atoms with Crippen LogP contribution in [0.25, 0.3) is 0 Å². The van der Waals surface area contributed by atoms with Gasteiger partial charge >= 0.3 is 5.97 Å². The smallest absolute Gasteiger partial charge is 0.338 e. The summed E-state index contributed by atoms with van der Waals surface area (Å²) in [6.07, 6.45) is 19.6. The van der Waals surface area contributed by atoms with Crippen molar-refractivity contribution in [1.82, 2.24) is 50.1 Å². The van der Waals surface area contributed by atoms with Gasteiger partial charge in [-0.05, 0) is 39.8 Å². The minimum atomic E-state index is -1.04. The van der Waals surface area contributed by atoms with Crippen LogP contribution in [0.2, 0.25) is 0 Å². The van der Waals surface area contributed by atoms with Crippen molar-refractivity contribution >= 4 is 23.8 Å². The normalized spacial score (nSPS) is 14.9. The Labute approximate surface area is 248 Å². The van der Waals surface area contributed by atoms with Gasteiger partial charge in [-0.25, -0.2) is 44.7 Å². The fourth-order valence-corrected chi connectivity index (χ4v) is 4.01. The summed E-state index contributed by atoms with van der Waals surface area (Å²) in [4.78, 5) is 56.5. The van der Waals surface area contributed by atoms with Gasteiger partial charge in [0.2, 0.25) is 11.9 Å². The summed E-state index contributed by atoms with van der Waals surface area (Å²) >= 11 is 0. The number of carbonyl (C=O) groups excluding carboxylic acids is 1. The van der Waals surface area contributed by atoms with Crippen molar-refractivity contribution in [3.63, 3.8) is 0 Å². The molecule has 0 aliphatic heterocycles. The predicted octanol–water partition coefficient (Wildman–Crippen LogP) is 1.97. The summed E-state index contributed by atoms with van der Waals surface area (Å²) in [5.41, 5.74) is 2.17. The molecule has 2 saturated carbocycles. The molecular formula is C28H34N12O3.